The second-order valence-electron chi connectivity index (χ2n) is 17.6. The Kier molecular flexibility index (Phi) is 9.54. The minimum absolute atomic E-state index is 0.898. The van der Waals surface area contributed by atoms with E-state index >= 15 is 0 Å². The van der Waals surface area contributed by atoms with Gasteiger partial charge in [0.15, 0.2) is 0 Å². The SMILES string of the molecule is c1ccc(-c2ccc(-c3cc4ccccc4c4ccccc34)cc2N(c2ccc(-c3ccc(-c4cccc5ccccc45)cc3)cc2)c2ccc(-c3cccc4c3oc3ccccc34)cc2)cc1. The van der Waals surface area contributed by atoms with Crippen molar-refractivity contribution in [3.05, 3.63) is 261 Å². The van der Waals surface area contributed by atoms with Crippen LogP contribution in [0.3, 0.4) is 0 Å². The summed E-state index contributed by atoms with van der Waals surface area (Å²) >= 11 is 0. The number of nitrogens with zero attached hydrogens (tertiary/aromatic N) is 1. The number of fused-ring (bicyclic) bond motifs is 7. The highest BCUT2D eigenvalue weighted by molar-refractivity contribution is 6.14. The van der Waals surface area contributed by atoms with Gasteiger partial charge in [0.1, 0.15) is 11.2 Å². The summed E-state index contributed by atoms with van der Waals surface area (Å²) in [6, 6.07) is 94.5. The number of furan rings is 1. The number of rotatable bonds is 8. The van der Waals surface area contributed by atoms with Crippen LogP contribution in [0.4, 0.5) is 17.1 Å². The minimum Gasteiger partial charge on any atom is -0.455 e. The lowest BCUT2D eigenvalue weighted by Gasteiger charge is -2.29. The summed E-state index contributed by atoms with van der Waals surface area (Å²) in [6.45, 7) is 0. The van der Waals surface area contributed by atoms with Gasteiger partial charge >= 0.3 is 0 Å². The van der Waals surface area contributed by atoms with Crippen LogP contribution < -0.4 is 4.90 Å². The van der Waals surface area contributed by atoms with Gasteiger partial charge in [0.05, 0.1) is 5.69 Å². The van der Waals surface area contributed by atoms with E-state index in [9.17, 15) is 0 Å². The van der Waals surface area contributed by atoms with Crippen LogP contribution in [-0.4, -0.2) is 0 Å². The molecule has 0 fully saturated rings. The fourth-order valence-electron chi connectivity index (χ4n) is 10.4. The molecule has 2 nitrogen and oxygen atoms in total. The molecule has 318 valence electrons. The lowest BCUT2D eigenvalue weighted by molar-refractivity contribution is 0.670. The van der Waals surface area contributed by atoms with Gasteiger partial charge in [0, 0.05) is 33.3 Å². The molecular weight excluding hydrogens is 823 g/mol. The van der Waals surface area contributed by atoms with Gasteiger partial charge in [-0.05, 0) is 119 Å². The first-order valence-electron chi connectivity index (χ1n) is 23.3. The Morgan fingerprint density at radius 1 is 0.250 bits per heavy atom. The zero-order chi connectivity index (χ0) is 45.0. The van der Waals surface area contributed by atoms with Crippen molar-refractivity contribution in [2.24, 2.45) is 0 Å². The van der Waals surface area contributed by atoms with Crippen LogP contribution in [0.2, 0.25) is 0 Å². The van der Waals surface area contributed by atoms with Gasteiger partial charge in [-0.1, -0.05) is 218 Å². The molecule has 0 unspecified atom stereocenters. The van der Waals surface area contributed by atoms with Gasteiger partial charge < -0.3 is 9.32 Å². The smallest absolute Gasteiger partial charge is 0.143 e. The third kappa shape index (κ3) is 6.82. The molecule has 0 bridgehead atoms. The van der Waals surface area contributed by atoms with Crippen LogP contribution in [0.1, 0.15) is 0 Å². The van der Waals surface area contributed by atoms with Crippen molar-refractivity contribution in [3.63, 3.8) is 0 Å². The van der Waals surface area contributed by atoms with Gasteiger partial charge in [-0.2, -0.15) is 0 Å². The molecular formula is C66H43NO. The third-order valence-electron chi connectivity index (χ3n) is 13.7. The molecule has 68 heavy (non-hydrogen) atoms. The molecule has 0 atom stereocenters. The Morgan fingerprint density at radius 2 is 0.750 bits per heavy atom. The summed E-state index contributed by atoms with van der Waals surface area (Å²) in [5, 5.41) is 9.73. The van der Waals surface area contributed by atoms with Crippen molar-refractivity contribution in [1.82, 2.24) is 0 Å². The van der Waals surface area contributed by atoms with E-state index in [2.05, 4.69) is 254 Å². The lowest BCUT2D eigenvalue weighted by Crippen LogP contribution is -2.11. The van der Waals surface area contributed by atoms with E-state index < -0.39 is 0 Å². The second-order valence-corrected chi connectivity index (χ2v) is 17.6. The molecule has 0 saturated carbocycles. The van der Waals surface area contributed by atoms with E-state index in [4.69, 9.17) is 4.42 Å². The molecule has 0 aliphatic rings. The number of anilines is 3. The summed E-state index contributed by atoms with van der Waals surface area (Å²) < 4.78 is 6.51. The quantitative estimate of drug-likeness (QED) is 0.142. The van der Waals surface area contributed by atoms with E-state index in [1.807, 2.05) is 12.1 Å². The molecule has 12 aromatic carbocycles. The lowest BCUT2D eigenvalue weighted by atomic mass is 9.91. The number of benzene rings is 12. The normalized spacial score (nSPS) is 11.5. The molecule has 13 rings (SSSR count). The number of para-hydroxylation sites is 2. The first kappa shape index (κ1) is 39.4. The zero-order valence-corrected chi connectivity index (χ0v) is 37.2. The van der Waals surface area contributed by atoms with Crippen molar-refractivity contribution in [2.75, 3.05) is 4.90 Å². The Bertz CT molecular complexity index is 3990. The molecule has 0 aliphatic heterocycles. The largest absolute Gasteiger partial charge is 0.455 e. The standard InChI is InChI=1S/C66H43NO/c1-2-14-47(15-3-1)57-41-36-51(63-42-50-17-5-7-20-56(50)59-21-8-9-22-60(59)63)43-64(57)67(53-39-34-49(35-40-53)58-25-13-26-62-61-23-10-11-27-65(61)68-66(58)62)52-37-32-45(33-38-52)44-28-30-48(31-29-44)55-24-12-18-46-16-4-6-19-54(46)55/h1-43H. The summed E-state index contributed by atoms with van der Waals surface area (Å²) in [7, 11) is 0. The molecule has 0 N–H and O–H groups in total. The summed E-state index contributed by atoms with van der Waals surface area (Å²) in [5.74, 6) is 0. The highest BCUT2D eigenvalue weighted by atomic mass is 16.3. The maximum Gasteiger partial charge on any atom is 0.143 e. The van der Waals surface area contributed by atoms with E-state index in [-0.39, 0.29) is 0 Å². The molecule has 13 aromatic rings. The minimum atomic E-state index is 0.898. The van der Waals surface area contributed by atoms with Gasteiger partial charge in [0.25, 0.3) is 0 Å². The first-order valence-corrected chi connectivity index (χ1v) is 23.3. The van der Waals surface area contributed by atoms with E-state index in [1.54, 1.807) is 0 Å². The van der Waals surface area contributed by atoms with Gasteiger partial charge in [0.2, 0.25) is 0 Å². The van der Waals surface area contributed by atoms with Crippen molar-refractivity contribution in [2.45, 2.75) is 0 Å². The summed E-state index contributed by atoms with van der Waals surface area (Å²) in [4.78, 5) is 2.42. The third-order valence-corrected chi connectivity index (χ3v) is 13.7. The van der Waals surface area contributed by atoms with Crippen molar-refractivity contribution >= 4 is 71.3 Å². The Morgan fingerprint density at radius 3 is 1.51 bits per heavy atom. The average molecular weight is 866 g/mol. The molecule has 0 amide bonds. The number of hydrogen-bond donors (Lipinski definition) is 0. The molecule has 1 aromatic heterocycles. The van der Waals surface area contributed by atoms with E-state index in [0.29, 0.717) is 0 Å². The second kappa shape index (κ2) is 16.5. The van der Waals surface area contributed by atoms with Crippen LogP contribution in [0.25, 0.3) is 110 Å². The molecule has 2 heteroatoms. The molecule has 0 radical (unpaired) electrons. The van der Waals surface area contributed by atoms with Gasteiger partial charge in [-0.15, -0.1) is 0 Å². The topological polar surface area (TPSA) is 16.4 Å². The van der Waals surface area contributed by atoms with Crippen molar-refractivity contribution in [1.29, 1.82) is 0 Å². The summed E-state index contributed by atoms with van der Waals surface area (Å²) in [5.41, 5.74) is 16.6. The maximum absolute atomic E-state index is 6.51. The van der Waals surface area contributed by atoms with Crippen LogP contribution in [0.5, 0.6) is 0 Å². The van der Waals surface area contributed by atoms with Gasteiger partial charge in [-0.25, -0.2) is 0 Å². The highest BCUT2D eigenvalue weighted by Crippen LogP contribution is 2.46. The average Bonchev–Trinajstić information content (AvgIpc) is 3.80. The van der Waals surface area contributed by atoms with E-state index in [0.717, 1.165) is 72.4 Å². The maximum atomic E-state index is 6.51. The summed E-state index contributed by atoms with van der Waals surface area (Å²) in [6.07, 6.45) is 0. The molecule has 0 saturated heterocycles. The predicted molar refractivity (Wildman–Crippen MR) is 288 cm³/mol. The van der Waals surface area contributed by atoms with Gasteiger partial charge in [-0.3, -0.25) is 0 Å². The Balaban J connectivity index is 0.966. The first-order chi connectivity index (χ1) is 33.7. The fraction of sp³-hybridized carbons (Fsp3) is 0. The fourth-order valence-corrected chi connectivity index (χ4v) is 10.4. The van der Waals surface area contributed by atoms with Crippen LogP contribution in [-0.2, 0) is 0 Å². The monoisotopic (exact) mass is 865 g/mol. The van der Waals surface area contributed by atoms with Crippen LogP contribution in [0, 0.1) is 0 Å². The predicted octanol–water partition coefficient (Wildman–Crippen LogP) is 18.9. The molecule has 0 aliphatic carbocycles. The highest BCUT2D eigenvalue weighted by Gasteiger charge is 2.21. The van der Waals surface area contributed by atoms with Crippen molar-refractivity contribution in [3.8, 4) is 55.6 Å². The van der Waals surface area contributed by atoms with E-state index in [1.165, 1.54) is 54.6 Å². The zero-order valence-electron chi connectivity index (χ0n) is 37.2. The molecule has 0 spiro atoms. The number of hydrogen-bond acceptors (Lipinski definition) is 2. The van der Waals surface area contributed by atoms with Crippen LogP contribution >= 0.6 is 0 Å². The van der Waals surface area contributed by atoms with Crippen molar-refractivity contribution < 1.29 is 4.42 Å². The van der Waals surface area contributed by atoms with Crippen LogP contribution in [0.15, 0.2) is 265 Å². The Hall–Kier alpha value is -8.98. The molecule has 1 heterocycles. The Labute approximate surface area is 395 Å².